The van der Waals surface area contributed by atoms with Crippen LogP contribution in [0.5, 0.6) is 0 Å². The van der Waals surface area contributed by atoms with Crippen molar-refractivity contribution >= 4 is 16.7 Å². The molecule has 4 nitrogen and oxygen atoms in total. The first kappa shape index (κ1) is 16.0. The molecule has 1 aliphatic carbocycles. The van der Waals surface area contributed by atoms with E-state index in [4.69, 9.17) is 0 Å². The first-order valence-electron chi connectivity index (χ1n) is 7.87. The molecule has 1 heterocycles. The Kier molecular flexibility index (Phi) is 5.61. The molecule has 2 fully saturated rings. The Morgan fingerprint density at radius 3 is 2.40 bits per heavy atom. The van der Waals surface area contributed by atoms with Gasteiger partial charge in [0.15, 0.2) is 0 Å². The highest BCUT2D eigenvalue weighted by atomic mass is 32.2. The first-order chi connectivity index (χ1) is 9.49. The summed E-state index contributed by atoms with van der Waals surface area (Å²) < 4.78 is 11.4. The normalized spacial score (nSPS) is 23.7. The summed E-state index contributed by atoms with van der Waals surface area (Å²) in [6, 6.07) is 0. The number of amides is 1. The number of hydrogen-bond donors (Lipinski definition) is 1. The molecule has 116 valence electrons. The highest BCUT2D eigenvalue weighted by Gasteiger charge is 2.31. The van der Waals surface area contributed by atoms with Crippen molar-refractivity contribution in [3.8, 4) is 0 Å². The number of hydrogen-bond acceptors (Lipinski definition) is 3. The van der Waals surface area contributed by atoms with Gasteiger partial charge in [-0.1, -0.05) is 19.3 Å². The van der Waals surface area contributed by atoms with E-state index in [9.17, 15) is 9.00 Å². The highest BCUT2D eigenvalue weighted by molar-refractivity contribution is 7.85. The van der Waals surface area contributed by atoms with Crippen LogP contribution in [-0.2, 0) is 15.6 Å². The number of nitrogens with zero attached hydrogens (tertiary/aromatic N) is 1. The molecule has 0 aromatic heterocycles. The maximum atomic E-state index is 12.2. The van der Waals surface area contributed by atoms with Gasteiger partial charge in [0.2, 0.25) is 5.91 Å². The highest BCUT2D eigenvalue weighted by Crippen LogP contribution is 2.24. The minimum absolute atomic E-state index is 0.0467. The third kappa shape index (κ3) is 4.29. The molecule has 1 saturated carbocycles. The summed E-state index contributed by atoms with van der Waals surface area (Å²) in [7, 11) is -0.641. The first-order valence-corrected chi connectivity index (χ1v) is 9.35. The molecule has 1 saturated heterocycles. The van der Waals surface area contributed by atoms with Crippen LogP contribution in [0, 0.1) is 5.92 Å². The van der Waals surface area contributed by atoms with Crippen LogP contribution in [0.1, 0.15) is 46.0 Å². The van der Waals surface area contributed by atoms with Crippen molar-refractivity contribution in [2.75, 3.05) is 31.1 Å². The Morgan fingerprint density at radius 1 is 1.20 bits per heavy atom. The summed E-state index contributed by atoms with van der Waals surface area (Å²) >= 11 is 0. The van der Waals surface area contributed by atoms with Crippen LogP contribution in [0.15, 0.2) is 0 Å². The average Bonchev–Trinajstić information content (AvgIpc) is 2.46. The molecule has 5 heteroatoms. The lowest BCUT2D eigenvalue weighted by Gasteiger charge is -2.41. The summed E-state index contributed by atoms with van der Waals surface area (Å²) in [5, 5.41) is 3.14. The Hall–Kier alpha value is -0.420. The predicted octanol–water partition coefficient (Wildman–Crippen LogP) is 1.53. The summed E-state index contributed by atoms with van der Waals surface area (Å²) in [5.74, 6) is 1.99. The quantitative estimate of drug-likeness (QED) is 0.856. The van der Waals surface area contributed by atoms with E-state index in [1.807, 2.05) is 0 Å². The smallest absolute Gasteiger partial charge is 0.223 e. The minimum atomic E-state index is -0.641. The van der Waals surface area contributed by atoms with Crippen molar-refractivity contribution < 1.29 is 9.00 Å². The van der Waals surface area contributed by atoms with E-state index in [2.05, 4.69) is 24.1 Å². The molecule has 0 radical (unpaired) electrons. The van der Waals surface area contributed by atoms with E-state index in [-0.39, 0.29) is 17.4 Å². The monoisotopic (exact) mass is 300 g/mol. The van der Waals surface area contributed by atoms with Gasteiger partial charge in [0, 0.05) is 53.4 Å². The zero-order valence-electron chi connectivity index (χ0n) is 12.8. The third-order valence-corrected chi connectivity index (χ3v) is 5.98. The number of carbonyl (C=O) groups is 1. The molecule has 0 unspecified atom stereocenters. The van der Waals surface area contributed by atoms with Gasteiger partial charge < -0.3 is 5.32 Å². The molecule has 0 spiro atoms. The molecule has 1 amide bonds. The minimum Gasteiger partial charge on any atom is -0.354 e. The lowest BCUT2D eigenvalue weighted by molar-refractivity contribution is -0.126. The lowest BCUT2D eigenvalue weighted by atomic mass is 9.88. The molecular formula is C15H28N2O2S. The third-order valence-electron chi connectivity index (χ3n) is 4.71. The van der Waals surface area contributed by atoms with E-state index in [0.717, 1.165) is 37.4 Å². The fraction of sp³-hybridized carbons (Fsp3) is 0.933. The van der Waals surface area contributed by atoms with Gasteiger partial charge in [0.05, 0.1) is 0 Å². The van der Waals surface area contributed by atoms with Gasteiger partial charge in [0.25, 0.3) is 0 Å². The number of rotatable bonds is 4. The fourth-order valence-corrected chi connectivity index (χ4v) is 4.22. The van der Waals surface area contributed by atoms with Gasteiger partial charge in [-0.2, -0.15) is 0 Å². The summed E-state index contributed by atoms with van der Waals surface area (Å²) in [4.78, 5) is 14.6. The van der Waals surface area contributed by atoms with Crippen LogP contribution >= 0.6 is 0 Å². The molecule has 2 aliphatic rings. The zero-order valence-corrected chi connectivity index (χ0v) is 13.6. The molecule has 2 rings (SSSR count). The fourth-order valence-electron chi connectivity index (χ4n) is 3.17. The van der Waals surface area contributed by atoms with Gasteiger partial charge in [-0.25, -0.2) is 0 Å². The van der Waals surface area contributed by atoms with E-state index >= 15 is 0 Å². The lowest BCUT2D eigenvalue weighted by Crippen LogP contribution is -2.56. The van der Waals surface area contributed by atoms with Crippen molar-refractivity contribution in [3.05, 3.63) is 0 Å². The van der Waals surface area contributed by atoms with Crippen LogP contribution in [-0.4, -0.2) is 51.7 Å². The van der Waals surface area contributed by atoms with Crippen molar-refractivity contribution in [1.29, 1.82) is 0 Å². The largest absolute Gasteiger partial charge is 0.354 e. The Morgan fingerprint density at radius 2 is 1.80 bits per heavy atom. The Bertz CT molecular complexity index is 355. The van der Waals surface area contributed by atoms with Crippen LogP contribution in [0.25, 0.3) is 0 Å². The molecule has 1 N–H and O–H groups in total. The van der Waals surface area contributed by atoms with Crippen LogP contribution < -0.4 is 5.32 Å². The van der Waals surface area contributed by atoms with Crippen LogP contribution in [0.4, 0.5) is 0 Å². The van der Waals surface area contributed by atoms with E-state index < -0.39 is 10.8 Å². The maximum absolute atomic E-state index is 12.2. The Labute approximate surface area is 125 Å². The van der Waals surface area contributed by atoms with Crippen LogP contribution in [0.3, 0.4) is 0 Å². The van der Waals surface area contributed by atoms with E-state index in [1.54, 1.807) is 0 Å². The Balaban J connectivity index is 1.79. The van der Waals surface area contributed by atoms with Gasteiger partial charge in [-0.05, 0) is 26.7 Å². The predicted molar refractivity (Wildman–Crippen MR) is 83.1 cm³/mol. The molecule has 0 aromatic carbocycles. The van der Waals surface area contributed by atoms with Gasteiger partial charge >= 0.3 is 0 Å². The second kappa shape index (κ2) is 7.03. The molecule has 0 aromatic rings. The van der Waals surface area contributed by atoms with Crippen molar-refractivity contribution in [2.45, 2.75) is 51.5 Å². The molecule has 20 heavy (non-hydrogen) atoms. The molecule has 0 bridgehead atoms. The summed E-state index contributed by atoms with van der Waals surface area (Å²) in [6.07, 6.45) is 5.77. The SMILES string of the molecule is CC(C)(CNC(=O)C1CCCCC1)N1CCS(=O)CC1. The van der Waals surface area contributed by atoms with Gasteiger partial charge in [-0.3, -0.25) is 13.9 Å². The molecular weight excluding hydrogens is 272 g/mol. The summed E-state index contributed by atoms with van der Waals surface area (Å²) in [5.41, 5.74) is -0.0467. The van der Waals surface area contributed by atoms with E-state index in [1.165, 1.54) is 19.3 Å². The van der Waals surface area contributed by atoms with Gasteiger partial charge in [-0.15, -0.1) is 0 Å². The van der Waals surface area contributed by atoms with E-state index in [0.29, 0.717) is 6.54 Å². The summed E-state index contributed by atoms with van der Waals surface area (Å²) in [6.45, 7) is 6.78. The number of nitrogens with one attached hydrogen (secondary N) is 1. The van der Waals surface area contributed by atoms with Crippen molar-refractivity contribution in [2.24, 2.45) is 5.92 Å². The molecule has 1 aliphatic heterocycles. The number of carbonyl (C=O) groups excluding carboxylic acids is 1. The zero-order chi connectivity index (χ0) is 14.6. The second-order valence-corrected chi connectivity index (χ2v) is 8.40. The standard InChI is InChI=1S/C15H28N2O2S/c1-15(2,17-8-10-20(19)11-9-17)12-16-14(18)13-6-4-3-5-7-13/h13H,3-12H2,1-2H3,(H,16,18). The van der Waals surface area contributed by atoms with Crippen LogP contribution in [0.2, 0.25) is 0 Å². The topological polar surface area (TPSA) is 49.4 Å². The molecule has 0 atom stereocenters. The maximum Gasteiger partial charge on any atom is 0.223 e. The van der Waals surface area contributed by atoms with Gasteiger partial charge in [0.1, 0.15) is 0 Å². The van der Waals surface area contributed by atoms with Crippen molar-refractivity contribution in [3.63, 3.8) is 0 Å². The second-order valence-electron chi connectivity index (χ2n) is 6.70. The average molecular weight is 300 g/mol. The van der Waals surface area contributed by atoms with Crippen molar-refractivity contribution in [1.82, 2.24) is 10.2 Å².